The minimum atomic E-state index is -0.501. The van der Waals surface area contributed by atoms with Gasteiger partial charge in [-0.05, 0) is 18.9 Å². The quantitative estimate of drug-likeness (QED) is 0.566. The van der Waals surface area contributed by atoms with Crippen LogP contribution in [0.1, 0.15) is 12.5 Å². The number of hydrogen-bond donors (Lipinski definition) is 3. The highest BCUT2D eigenvalue weighted by molar-refractivity contribution is 5.41. The molecule has 0 aliphatic rings. The third-order valence-corrected chi connectivity index (χ3v) is 2.64. The summed E-state index contributed by atoms with van der Waals surface area (Å²) in [6.07, 6.45) is 1.86. The molecule has 6 heteroatoms. The zero-order chi connectivity index (χ0) is 13.7. The Morgan fingerprint density at radius 1 is 1.32 bits per heavy atom. The summed E-state index contributed by atoms with van der Waals surface area (Å²) in [6.45, 7) is 1.96. The first-order valence-corrected chi connectivity index (χ1v) is 5.98. The third-order valence-electron chi connectivity index (χ3n) is 2.64. The lowest BCUT2D eigenvalue weighted by molar-refractivity contribution is 0.612. The second-order valence-corrected chi connectivity index (χ2v) is 4.27. The Balaban J connectivity index is 2.04. The molecule has 2 rings (SSSR count). The van der Waals surface area contributed by atoms with Gasteiger partial charge in [0, 0.05) is 6.04 Å². The van der Waals surface area contributed by atoms with Crippen LogP contribution in [0.5, 0.6) is 0 Å². The molecule has 0 saturated heterocycles. The van der Waals surface area contributed by atoms with Crippen LogP contribution < -0.4 is 16.6 Å². The number of aromatic nitrogens is 2. The average molecular weight is 261 g/mol. The molecule has 0 aliphatic heterocycles. The number of halogens is 1. The highest BCUT2D eigenvalue weighted by Crippen LogP contribution is 2.14. The first kappa shape index (κ1) is 13.2. The summed E-state index contributed by atoms with van der Waals surface area (Å²) >= 11 is 0. The molecule has 1 aromatic heterocycles. The second kappa shape index (κ2) is 6.10. The van der Waals surface area contributed by atoms with Crippen molar-refractivity contribution in [2.45, 2.75) is 19.4 Å². The van der Waals surface area contributed by atoms with Crippen molar-refractivity contribution in [3.05, 3.63) is 47.9 Å². The number of nitrogens with two attached hydrogens (primary N) is 1. The molecule has 1 heterocycles. The normalized spacial score (nSPS) is 11.9. The van der Waals surface area contributed by atoms with Crippen molar-refractivity contribution >= 4 is 11.8 Å². The van der Waals surface area contributed by atoms with E-state index in [0.717, 1.165) is 12.6 Å². The summed E-state index contributed by atoms with van der Waals surface area (Å²) in [5, 5.41) is 3.01. The molecule has 0 fully saturated rings. The largest absolute Gasteiger partial charge is 0.365 e. The smallest absolute Gasteiger partial charge is 0.239 e. The number of hydrazine groups is 1. The predicted molar refractivity (Wildman–Crippen MR) is 73.0 cm³/mol. The Bertz CT molecular complexity index is 532. The van der Waals surface area contributed by atoms with Gasteiger partial charge in [-0.25, -0.2) is 15.2 Å². The van der Waals surface area contributed by atoms with Crippen LogP contribution in [-0.2, 0) is 6.42 Å². The van der Waals surface area contributed by atoms with Crippen molar-refractivity contribution in [1.82, 2.24) is 9.97 Å². The highest BCUT2D eigenvalue weighted by Gasteiger charge is 2.10. The van der Waals surface area contributed by atoms with E-state index in [2.05, 4.69) is 20.7 Å². The third kappa shape index (κ3) is 3.62. The molecule has 5 nitrogen and oxygen atoms in total. The molecule has 4 N–H and O–H groups in total. The van der Waals surface area contributed by atoms with E-state index >= 15 is 0 Å². The minimum absolute atomic E-state index is 0.0393. The van der Waals surface area contributed by atoms with Crippen LogP contribution >= 0.6 is 0 Å². The molecule has 0 radical (unpaired) electrons. The van der Waals surface area contributed by atoms with E-state index < -0.39 is 5.82 Å². The van der Waals surface area contributed by atoms with Crippen molar-refractivity contribution in [2.75, 3.05) is 10.7 Å². The van der Waals surface area contributed by atoms with Crippen molar-refractivity contribution in [1.29, 1.82) is 0 Å². The van der Waals surface area contributed by atoms with E-state index in [-0.39, 0.29) is 17.8 Å². The zero-order valence-electron chi connectivity index (χ0n) is 10.6. The van der Waals surface area contributed by atoms with E-state index in [1.54, 1.807) is 0 Å². The van der Waals surface area contributed by atoms with Crippen LogP contribution in [0.2, 0.25) is 0 Å². The van der Waals surface area contributed by atoms with Crippen LogP contribution in [0.15, 0.2) is 36.5 Å². The molecule has 0 bridgehead atoms. The number of rotatable bonds is 5. The number of nitrogens with one attached hydrogen (secondary N) is 2. The summed E-state index contributed by atoms with van der Waals surface area (Å²) in [7, 11) is 0. The fourth-order valence-electron chi connectivity index (χ4n) is 1.79. The molecule has 19 heavy (non-hydrogen) atoms. The minimum Gasteiger partial charge on any atom is -0.365 e. The summed E-state index contributed by atoms with van der Waals surface area (Å²) in [6, 6.07) is 10.0. The molecule has 1 atom stereocenters. The van der Waals surface area contributed by atoms with Gasteiger partial charge in [0.15, 0.2) is 11.6 Å². The first-order chi connectivity index (χ1) is 9.19. The molecule has 1 unspecified atom stereocenters. The summed E-state index contributed by atoms with van der Waals surface area (Å²) in [5.74, 6) is 5.02. The van der Waals surface area contributed by atoms with E-state index in [1.807, 2.05) is 37.3 Å². The number of anilines is 2. The fraction of sp³-hybridized carbons (Fsp3) is 0.231. The number of nitrogens with zero attached hydrogens (tertiary/aromatic N) is 2. The highest BCUT2D eigenvalue weighted by atomic mass is 19.1. The van der Waals surface area contributed by atoms with Gasteiger partial charge in [0.25, 0.3) is 0 Å². The van der Waals surface area contributed by atoms with Crippen molar-refractivity contribution < 1.29 is 4.39 Å². The van der Waals surface area contributed by atoms with Crippen LogP contribution in [0.3, 0.4) is 0 Å². The zero-order valence-corrected chi connectivity index (χ0v) is 10.6. The maximum absolute atomic E-state index is 13.5. The van der Waals surface area contributed by atoms with Crippen LogP contribution in [0.4, 0.5) is 16.2 Å². The van der Waals surface area contributed by atoms with Crippen LogP contribution in [0, 0.1) is 5.82 Å². The lowest BCUT2D eigenvalue weighted by atomic mass is 10.1. The van der Waals surface area contributed by atoms with Gasteiger partial charge in [0.1, 0.15) is 0 Å². The lowest BCUT2D eigenvalue weighted by Crippen LogP contribution is -2.21. The molecule has 100 valence electrons. The Morgan fingerprint density at radius 2 is 2.05 bits per heavy atom. The van der Waals surface area contributed by atoms with Gasteiger partial charge in [-0.15, -0.1) is 0 Å². The SMILES string of the molecule is CC(Cc1ccccc1)Nc1nc(NN)ncc1F. The molecule has 0 spiro atoms. The van der Waals surface area contributed by atoms with Gasteiger partial charge in [0.2, 0.25) is 5.95 Å². The monoisotopic (exact) mass is 261 g/mol. The van der Waals surface area contributed by atoms with E-state index in [4.69, 9.17) is 5.84 Å². The van der Waals surface area contributed by atoms with Crippen LogP contribution in [-0.4, -0.2) is 16.0 Å². The lowest BCUT2D eigenvalue weighted by Gasteiger charge is -2.15. The van der Waals surface area contributed by atoms with Crippen molar-refractivity contribution in [3.63, 3.8) is 0 Å². The molecule has 0 saturated carbocycles. The van der Waals surface area contributed by atoms with Gasteiger partial charge < -0.3 is 5.32 Å². The van der Waals surface area contributed by atoms with Crippen molar-refractivity contribution in [2.24, 2.45) is 5.84 Å². The number of hydrogen-bond acceptors (Lipinski definition) is 5. The molecule has 0 aliphatic carbocycles. The summed E-state index contributed by atoms with van der Waals surface area (Å²) in [5.41, 5.74) is 3.46. The van der Waals surface area contributed by atoms with Crippen LogP contribution in [0.25, 0.3) is 0 Å². The maximum atomic E-state index is 13.5. The van der Waals surface area contributed by atoms with Gasteiger partial charge in [-0.2, -0.15) is 4.98 Å². The molecule has 0 amide bonds. The van der Waals surface area contributed by atoms with Crippen molar-refractivity contribution in [3.8, 4) is 0 Å². The molecule has 1 aromatic carbocycles. The number of benzene rings is 1. The number of nitrogen functional groups attached to an aromatic ring is 1. The molecular formula is C13H16FN5. The Hall–Kier alpha value is -2.21. The van der Waals surface area contributed by atoms with E-state index in [9.17, 15) is 4.39 Å². The Morgan fingerprint density at radius 3 is 2.74 bits per heavy atom. The topological polar surface area (TPSA) is 75.9 Å². The van der Waals surface area contributed by atoms with Gasteiger partial charge in [-0.1, -0.05) is 30.3 Å². The summed E-state index contributed by atoms with van der Waals surface area (Å²) in [4.78, 5) is 7.63. The standard InChI is InChI=1S/C13H16FN5/c1-9(7-10-5-3-2-4-6-10)17-12-11(14)8-16-13(18-12)19-15/h2-6,8-9H,7,15H2,1H3,(H2,16,17,18,19). The van der Waals surface area contributed by atoms with Gasteiger partial charge in [-0.3, -0.25) is 5.43 Å². The van der Waals surface area contributed by atoms with E-state index in [1.165, 1.54) is 5.56 Å². The first-order valence-electron chi connectivity index (χ1n) is 5.98. The van der Waals surface area contributed by atoms with E-state index in [0.29, 0.717) is 0 Å². The average Bonchev–Trinajstić information content (AvgIpc) is 2.42. The summed E-state index contributed by atoms with van der Waals surface area (Å²) < 4.78 is 13.5. The Kier molecular flexibility index (Phi) is 4.25. The van der Waals surface area contributed by atoms with Gasteiger partial charge in [0.05, 0.1) is 6.20 Å². The predicted octanol–water partition coefficient (Wildman–Crippen LogP) is 1.94. The second-order valence-electron chi connectivity index (χ2n) is 4.27. The maximum Gasteiger partial charge on any atom is 0.239 e. The Labute approximate surface area is 111 Å². The molecule has 2 aromatic rings. The fourth-order valence-corrected chi connectivity index (χ4v) is 1.79. The van der Waals surface area contributed by atoms with Gasteiger partial charge >= 0.3 is 0 Å². The molecular weight excluding hydrogens is 245 g/mol.